The zero-order chi connectivity index (χ0) is 19.6. The Morgan fingerprint density at radius 1 is 1.19 bits per heavy atom. The molecule has 2 aliphatic heterocycles. The van der Waals surface area contributed by atoms with E-state index in [1.54, 1.807) is 11.0 Å². The highest BCUT2D eigenvalue weighted by Crippen LogP contribution is 2.41. The van der Waals surface area contributed by atoms with Crippen LogP contribution in [0.3, 0.4) is 0 Å². The minimum Gasteiger partial charge on any atom is -0.504 e. The van der Waals surface area contributed by atoms with Gasteiger partial charge in [0.25, 0.3) is 5.91 Å². The summed E-state index contributed by atoms with van der Waals surface area (Å²) in [6, 6.07) is 4.45. The van der Waals surface area contributed by atoms with Crippen LogP contribution in [0.15, 0.2) is 18.2 Å². The van der Waals surface area contributed by atoms with Gasteiger partial charge >= 0.3 is 0 Å². The highest BCUT2D eigenvalue weighted by molar-refractivity contribution is 5.97. The highest BCUT2D eigenvalue weighted by Gasteiger charge is 2.41. The Hall–Kier alpha value is -2.28. The van der Waals surface area contributed by atoms with Crippen molar-refractivity contribution >= 4 is 11.8 Å². The van der Waals surface area contributed by atoms with Gasteiger partial charge in [-0.15, -0.1) is 0 Å². The Morgan fingerprint density at radius 2 is 1.89 bits per heavy atom. The van der Waals surface area contributed by atoms with Crippen molar-refractivity contribution in [2.45, 2.75) is 25.7 Å². The average molecular weight is 375 g/mol. The van der Waals surface area contributed by atoms with E-state index >= 15 is 0 Å². The summed E-state index contributed by atoms with van der Waals surface area (Å²) in [4.78, 5) is 30.8. The number of carbonyl (C=O) groups excluding carboxylic acids is 2. The molecule has 1 aromatic carbocycles. The van der Waals surface area contributed by atoms with E-state index in [1.165, 1.54) is 12.1 Å². The van der Waals surface area contributed by atoms with Gasteiger partial charge in [-0.25, -0.2) is 0 Å². The van der Waals surface area contributed by atoms with Crippen molar-refractivity contribution in [3.8, 4) is 11.5 Å². The molecule has 0 aliphatic carbocycles. The first-order chi connectivity index (χ1) is 12.8. The number of aromatic hydroxyl groups is 2. The molecule has 2 aliphatic rings. The molecule has 7 heteroatoms. The first kappa shape index (κ1) is 19.5. The normalized spacial score (nSPS) is 19.7. The van der Waals surface area contributed by atoms with E-state index in [-0.39, 0.29) is 34.3 Å². The van der Waals surface area contributed by atoms with Crippen LogP contribution in [0, 0.1) is 5.41 Å². The summed E-state index contributed by atoms with van der Waals surface area (Å²) in [5.41, 5.74) is 0.218. The number of benzene rings is 1. The molecule has 2 N–H and O–H groups in total. The summed E-state index contributed by atoms with van der Waals surface area (Å²) in [6.07, 6.45) is 3.16. The predicted molar refractivity (Wildman–Crippen MR) is 102 cm³/mol. The zero-order valence-corrected chi connectivity index (χ0v) is 16.1. The van der Waals surface area contributed by atoms with Crippen molar-refractivity contribution in [1.82, 2.24) is 14.7 Å². The van der Waals surface area contributed by atoms with E-state index in [4.69, 9.17) is 0 Å². The Bertz CT molecular complexity index is 711. The summed E-state index contributed by atoms with van der Waals surface area (Å²) in [7, 11) is 4.01. The van der Waals surface area contributed by atoms with Gasteiger partial charge in [-0.1, -0.05) is 6.07 Å². The third-order valence-electron chi connectivity index (χ3n) is 5.92. The van der Waals surface area contributed by atoms with Crippen LogP contribution in [0.25, 0.3) is 0 Å². The van der Waals surface area contributed by atoms with Crippen molar-refractivity contribution < 1.29 is 19.8 Å². The molecule has 2 amide bonds. The van der Waals surface area contributed by atoms with E-state index in [0.717, 1.165) is 38.9 Å². The largest absolute Gasteiger partial charge is 0.504 e. The molecule has 7 nitrogen and oxygen atoms in total. The minimum atomic E-state index is -0.360. The number of piperidine rings is 2. The average Bonchev–Trinajstić information content (AvgIpc) is 2.65. The van der Waals surface area contributed by atoms with Gasteiger partial charge in [-0.2, -0.15) is 0 Å². The van der Waals surface area contributed by atoms with E-state index in [0.29, 0.717) is 19.5 Å². The summed E-state index contributed by atoms with van der Waals surface area (Å²) in [5, 5.41) is 19.6. The van der Waals surface area contributed by atoms with Crippen molar-refractivity contribution in [3.05, 3.63) is 23.8 Å². The van der Waals surface area contributed by atoms with Crippen molar-refractivity contribution in [2.75, 3.05) is 46.8 Å². The van der Waals surface area contributed by atoms with E-state index < -0.39 is 0 Å². The summed E-state index contributed by atoms with van der Waals surface area (Å²) < 4.78 is 0. The molecule has 27 heavy (non-hydrogen) atoms. The van der Waals surface area contributed by atoms with Crippen molar-refractivity contribution in [3.63, 3.8) is 0 Å². The second-order valence-corrected chi connectivity index (χ2v) is 8.08. The number of nitrogens with zero attached hydrogens (tertiary/aromatic N) is 3. The molecule has 0 bridgehead atoms. The van der Waals surface area contributed by atoms with Crippen molar-refractivity contribution in [1.29, 1.82) is 0 Å². The zero-order valence-electron chi connectivity index (χ0n) is 16.1. The maximum Gasteiger partial charge on any atom is 0.257 e. The second-order valence-electron chi connectivity index (χ2n) is 8.08. The number of phenols is 2. The van der Waals surface area contributed by atoms with Gasteiger partial charge in [-0.05, 0) is 50.9 Å². The highest BCUT2D eigenvalue weighted by atomic mass is 16.3. The summed E-state index contributed by atoms with van der Waals surface area (Å²) >= 11 is 0. The number of hydrogen-bond donors (Lipinski definition) is 2. The number of likely N-dealkylation sites (tertiary alicyclic amines) is 2. The van der Waals surface area contributed by atoms with Gasteiger partial charge in [0.05, 0.1) is 5.56 Å². The number of hydrogen-bond acceptors (Lipinski definition) is 5. The number of para-hydroxylation sites is 1. The number of amides is 2. The molecule has 3 rings (SSSR count). The van der Waals surface area contributed by atoms with Gasteiger partial charge in [-0.3, -0.25) is 9.59 Å². The van der Waals surface area contributed by atoms with Gasteiger partial charge in [0.15, 0.2) is 11.5 Å². The van der Waals surface area contributed by atoms with Crippen molar-refractivity contribution in [2.24, 2.45) is 5.41 Å². The van der Waals surface area contributed by atoms with E-state index in [2.05, 4.69) is 4.90 Å². The predicted octanol–water partition coefficient (Wildman–Crippen LogP) is 1.50. The topological polar surface area (TPSA) is 84.3 Å². The Kier molecular flexibility index (Phi) is 5.60. The third kappa shape index (κ3) is 4.18. The number of rotatable bonds is 4. The molecule has 2 saturated heterocycles. The van der Waals surface area contributed by atoms with E-state index in [9.17, 15) is 19.8 Å². The molecule has 0 unspecified atom stereocenters. The molecule has 1 spiro atoms. The molecule has 0 saturated carbocycles. The van der Waals surface area contributed by atoms with Crippen LogP contribution in [0.1, 0.15) is 36.0 Å². The standard InChI is InChI=1S/C20H29N3O4/c1-21(2)12-13-23-14-20(7-6-17(23)25)8-10-22(11-9-20)19(27)15-4-3-5-16(24)18(15)26/h3-5,24,26H,6-14H2,1-2H3. The van der Waals surface area contributed by atoms with Crippen LogP contribution in [0.5, 0.6) is 11.5 Å². The quantitative estimate of drug-likeness (QED) is 0.780. The molecule has 1 aromatic rings. The Morgan fingerprint density at radius 3 is 2.56 bits per heavy atom. The van der Waals surface area contributed by atoms with Gasteiger partial charge in [0.2, 0.25) is 5.91 Å². The fourth-order valence-electron chi connectivity index (χ4n) is 4.09. The smallest absolute Gasteiger partial charge is 0.257 e. The second kappa shape index (κ2) is 7.76. The maximum atomic E-state index is 12.7. The lowest BCUT2D eigenvalue weighted by Gasteiger charge is -2.47. The van der Waals surface area contributed by atoms with Crippen LogP contribution in [-0.2, 0) is 4.79 Å². The monoisotopic (exact) mass is 375 g/mol. The Labute approximate surface area is 160 Å². The molecule has 0 atom stereocenters. The lowest BCUT2D eigenvalue weighted by atomic mass is 9.72. The fourth-order valence-corrected chi connectivity index (χ4v) is 4.09. The summed E-state index contributed by atoms with van der Waals surface area (Å²) in [6.45, 7) is 3.56. The fraction of sp³-hybridized carbons (Fsp3) is 0.600. The molecular formula is C20H29N3O4. The number of carbonyl (C=O) groups is 2. The first-order valence-corrected chi connectivity index (χ1v) is 9.54. The summed E-state index contributed by atoms with van der Waals surface area (Å²) in [5.74, 6) is -0.669. The molecule has 0 radical (unpaired) electrons. The number of phenolic OH excluding ortho intramolecular Hbond substituents is 2. The third-order valence-corrected chi connectivity index (χ3v) is 5.92. The van der Waals surface area contributed by atoms with Gasteiger partial charge < -0.3 is 24.9 Å². The van der Waals surface area contributed by atoms with Crippen LogP contribution in [-0.4, -0.2) is 83.5 Å². The minimum absolute atomic E-state index is 0.0812. The van der Waals surface area contributed by atoms with Crippen LogP contribution < -0.4 is 0 Å². The van der Waals surface area contributed by atoms with E-state index in [1.807, 2.05) is 19.0 Å². The van der Waals surface area contributed by atoms with Crippen LogP contribution in [0.4, 0.5) is 0 Å². The molecule has 148 valence electrons. The molecule has 2 heterocycles. The van der Waals surface area contributed by atoms with Gasteiger partial charge in [0.1, 0.15) is 0 Å². The maximum absolute atomic E-state index is 12.7. The van der Waals surface area contributed by atoms with Crippen LogP contribution in [0.2, 0.25) is 0 Å². The molecule has 0 aromatic heterocycles. The number of likely N-dealkylation sites (N-methyl/N-ethyl adjacent to an activating group) is 1. The lowest BCUT2D eigenvalue weighted by molar-refractivity contribution is -0.139. The molecular weight excluding hydrogens is 346 g/mol. The lowest BCUT2D eigenvalue weighted by Crippen LogP contribution is -2.53. The first-order valence-electron chi connectivity index (χ1n) is 9.54. The molecule has 2 fully saturated rings. The SMILES string of the molecule is CN(C)CCN1CC2(CCC1=O)CCN(C(=O)c1cccc(O)c1O)CC2. The Balaban J connectivity index is 1.63. The van der Waals surface area contributed by atoms with Gasteiger partial charge in [0, 0.05) is 39.1 Å². The van der Waals surface area contributed by atoms with Crippen LogP contribution >= 0.6 is 0 Å².